The number of hydrogen-bond acceptors (Lipinski definition) is 7. The molecule has 0 rings (SSSR count). The highest BCUT2D eigenvalue weighted by Crippen LogP contribution is 2.43. The summed E-state index contributed by atoms with van der Waals surface area (Å²) in [5.41, 5.74) is 5.37. The molecule has 0 aromatic carbocycles. The summed E-state index contributed by atoms with van der Waals surface area (Å²) in [5.74, 6) is -0.343. The summed E-state index contributed by atoms with van der Waals surface area (Å²) in [5, 5.41) is 0. The molecular weight excluding hydrogens is 709 g/mol. The number of ether oxygens (including phenoxy) is 2. The minimum Gasteiger partial charge on any atom is -0.457 e. The Balaban J connectivity index is 3.95. The number of carbonyl (C=O) groups excluding carboxylic acids is 1. The van der Waals surface area contributed by atoms with Gasteiger partial charge in [-0.2, -0.15) is 0 Å². The fourth-order valence-electron chi connectivity index (χ4n) is 5.92. The van der Waals surface area contributed by atoms with Crippen LogP contribution in [0, 0.1) is 0 Å². The maximum atomic E-state index is 12.6. The molecule has 0 saturated heterocycles. The minimum atomic E-state index is -4.28. The van der Waals surface area contributed by atoms with Gasteiger partial charge in [-0.05, 0) is 77.0 Å². The van der Waals surface area contributed by atoms with E-state index in [4.69, 9.17) is 24.3 Å². The van der Waals surface area contributed by atoms with Gasteiger partial charge >= 0.3 is 13.8 Å². The number of phosphoric acid groups is 1. The maximum absolute atomic E-state index is 12.6. The first kappa shape index (κ1) is 53.2. The van der Waals surface area contributed by atoms with Gasteiger partial charge in [-0.1, -0.05) is 164 Å². The van der Waals surface area contributed by atoms with Gasteiger partial charge < -0.3 is 20.1 Å². The van der Waals surface area contributed by atoms with Crippen LogP contribution in [0.1, 0.15) is 187 Å². The molecule has 55 heavy (non-hydrogen) atoms. The number of allylic oxidation sites excluding steroid dienone is 10. The second-order valence-electron chi connectivity index (χ2n) is 14.5. The van der Waals surface area contributed by atoms with Gasteiger partial charge in [0.05, 0.1) is 19.8 Å². The minimum absolute atomic E-state index is 0.0966. The molecule has 0 saturated carbocycles. The number of unbranched alkanes of at least 4 members (excludes halogenated alkanes) is 19. The normalized spacial score (nSPS) is 14.0. The molecule has 0 fully saturated rings. The van der Waals surface area contributed by atoms with E-state index >= 15 is 0 Å². The molecular formula is C46H84NO7P. The van der Waals surface area contributed by atoms with Crippen molar-refractivity contribution in [1.82, 2.24) is 0 Å². The van der Waals surface area contributed by atoms with E-state index in [1.54, 1.807) is 0 Å². The number of hydrogen-bond donors (Lipinski definition) is 2. The second-order valence-corrected chi connectivity index (χ2v) is 16.0. The fourth-order valence-corrected chi connectivity index (χ4v) is 6.69. The lowest BCUT2D eigenvalue weighted by Gasteiger charge is -2.20. The summed E-state index contributed by atoms with van der Waals surface area (Å²) in [6.45, 7) is 4.76. The topological polar surface area (TPSA) is 117 Å². The summed E-state index contributed by atoms with van der Waals surface area (Å²) in [7, 11) is -4.28. The lowest BCUT2D eigenvalue weighted by atomic mass is 10.1. The van der Waals surface area contributed by atoms with Crippen LogP contribution in [-0.2, 0) is 27.9 Å². The highest BCUT2D eigenvalue weighted by atomic mass is 31.2. The summed E-state index contributed by atoms with van der Waals surface area (Å²) in [6.07, 6.45) is 52.4. The molecule has 0 aliphatic heterocycles. The van der Waals surface area contributed by atoms with Crippen LogP contribution in [0.3, 0.4) is 0 Å². The van der Waals surface area contributed by atoms with Gasteiger partial charge in [0.2, 0.25) is 0 Å². The summed E-state index contributed by atoms with van der Waals surface area (Å²) < 4.78 is 33.4. The Morgan fingerprint density at radius 3 is 1.55 bits per heavy atom. The fraction of sp³-hybridized carbons (Fsp3) is 0.761. The van der Waals surface area contributed by atoms with E-state index in [2.05, 4.69) is 74.6 Å². The number of phosphoric ester groups is 1. The van der Waals surface area contributed by atoms with Crippen molar-refractivity contribution in [3.8, 4) is 0 Å². The van der Waals surface area contributed by atoms with E-state index in [1.165, 1.54) is 96.3 Å². The Morgan fingerprint density at radius 2 is 1.02 bits per heavy atom. The number of rotatable bonds is 42. The maximum Gasteiger partial charge on any atom is 0.472 e. The highest BCUT2D eigenvalue weighted by Gasteiger charge is 2.25. The van der Waals surface area contributed by atoms with Crippen LogP contribution in [0.4, 0.5) is 0 Å². The van der Waals surface area contributed by atoms with Crippen LogP contribution >= 0.6 is 7.82 Å². The summed E-state index contributed by atoms with van der Waals surface area (Å²) in [6, 6.07) is 0. The van der Waals surface area contributed by atoms with Gasteiger partial charge in [0.1, 0.15) is 6.10 Å². The van der Waals surface area contributed by atoms with Crippen molar-refractivity contribution in [2.45, 2.75) is 193 Å². The van der Waals surface area contributed by atoms with Crippen LogP contribution in [0.15, 0.2) is 60.8 Å². The molecule has 0 amide bonds. The predicted octanol–water partition coefficient (Wildman–Crippen LogP) is 13.4. The Labute approximate surface area is 338 Å². The van der Waals surface area contributed by atoms with E-state index in [0.717, 1.165) is 70.6 Å². The van der Waals surface area contributed by atoms with Gasteiger partial charge in [-0.3, -0.25) is 13.8 Å². The largest absolute Gasteiger partial charge is 0.472 e. The van der Waals surface area contributed by atoms with E-state index < -0.39 is 13.9 Å². The first-order chi connectivity index (χ1) is 26.9. The average Bonchev–Trinajstić information content (AvgIpc) is 3.17. The van der Waals surface area contributed by atoms with Gasteiger partial charge in [-0.15, -0.1) is 0 Å². The Bertz CT molecular complexity index is 1030. The molecule has 0 bridgehead atoms. The molecule has 0 heterocycles. The third-order valence-electron chi connectivity index (χ3n) is 9.17. The zero-order chi connectivity index (χ0) is 40.2. The van der Waals surface area contributed by atoms with Gasteiger partial charge in [0, 0.05) is 19.6 Å². The van der Waals surface area contributed by atoms with Crippen molar-refractivity contribution < 1.29 is 32.8 Å². The molecule has 0 aromatic heterocycles. The third-order valence-corrected chi connectivity index (χ3v) is 10.2. The molecule has 3 N–H and O–H groups in total. The molecule has 2 atom stereocenters. The monoisotopic (exact) mass is 794 g/mol. The Kier molecular flexibility index (Phi) is 41.9. The van der Waals surface area contributed by atoms with Gasteiger partial charge in [0.25, 0.3) is 0 Å². The van der Waals surface area contributed by atoms with Crippen LogP contribution in [-0.4, -0.2) is 49.9 Å². The highest BCUT2D eigenvalue weighted by molar-refractivity contribution is 7.47. The lowest BCUT2D eigenvalue weighted by molar-refractivity contribution is -0.154. The van der Waals surface area contributed by atoms with Gasteiger partial charge in [-0.25, -0.2) is 4.57 Å². The van der Waals surface area contributed by atoms with Crippen molar-refractivity contribution in [2.24, 2.45) is 5.73 Å². The standard InChI is InChI=1S/C46H84NO7P/c1-3-5-7-9-11-13-15-17-18-19-20-21-22-23-24-25-26-27-28-30-32-34-36-38-41-51-43-45(44-53-55(49,50)52-42-40-47)54-46(48)39-37-35-33-31-29-16-14-12-10-8-6-4-2/h5,7,11-14,17-18,20-21,45H,3-4,6,8-10,15-16,19,22-44,47H2,1-2H3,(H,49,50)/b7-5-,13-11-,14-12-,18-17-,21-20-. The van der Waals surface area contributed by atoms with Crippen molar-refractivity contribution in [2.75, 3.05) is 33.0 Å². The first-order valence-corrected chi connectivity index (χ1v) is 23.8. The zero-order valence-electron chi connectivity index (χ0n) is 35.4. The van der Waals surface area contributed by atoms with Gasteiger partial charge in [0.15, 0.2) is 0 Å². The van der Waals surface area contributed by atoms with Crippen molar-refractivity contribution in [3.63, 3.8) is 0 Å². The molecule has 9 heteroatoms. The average molecular weight is 794 g/mol. The van der Waals surface area contributed by atoms with E-state index in [1.807, 2.05) is 0 Å². The molecule has 0 aliphatic carbocycles. The predicted molar refractivity (Wildman–Crippen MR) is 233 cm³/mol. The number of carbonyl (C=O) groups is 1. The van der Waals surface area contributed by atoms with E-state index in [0.29, 0.717) is 13.0 Å². The molecule has 0 spiro atoms. The van der Waals surface area contributed by atoms with E-state index in [-0.39, 0.29) is 32.3 Å². The van der Waals surface area contributed by atoms with Crippen molar-refractivity contribution >= 4 is 13.8 Å². The third kappa shape index (κ3) is 43.2. The lowest BCUT2D eigenvalue weighted by Crippen LogP contribution is -2.28. The van der Waals surface area contributed by atoms with Crippen LogP contribution in [0.25, 0.3) is 0 Å². The van der Waals surface area contributed by atoms with Crippen LogP contribution < -0.4 is 5.73 Å². The molecule has 2 unspecified atom stereocenters. The smallest absolute Gasteiger partial charge is 0.457 e. The SMILES string of the molecule is CC/C=C\C/C=C\C/C=C\C/C=C\CCCCCCCCCCCCCOCC(COP(=O)(O)OCCN)OC(=O)CCCCCCC/C=C\CCCCC. The molecule has 320 valence electrons. The molecule has 0 aromatic rings. The first-order valence-electron chi connectivity index (χ1n) is 22.3. The molecule has 8 nitrogen and oxygen atoms in total. The molecule has 0 aliphatic rings. The Hall–Kier alpha value is -1.80. The summed E-state index contributed by atoms with van der Waals surface area (Å²) >= 11 is 0. The Morgan fingerprint density at radius 1 is 0.564 bits per heavy atom. The molecule has 0 radical (unpaired) electrons. The zero-order valence-corrected chi connectivity index (χ0v) is 36.3. The van der Waals surface area contributed by atoms with Crippen molar-refractivity contribution in [1.29, 1.82) is 0 Å². The number of esters is 1. The quantitative estimate of drug-likeness (QED) is 0.0271. The van der Waals surface area contributed by atoms with Crippen molar-refractivity contribution in [3.05, 3.63) is 60.8 Å². The van der Waals surface area contributed by atoms with Crippen LogP contribution in [0.2, 0.25) is 0 Å². The van der Waals surface area contributed by atoms with Crippen LogP contribution in [0.5, 0.6) is 0 Å². The van der Waals surface area contributed by atoms with E-state index in [9.17, 15) is 14.3 Å². The summed E-state index contributed by atoms with van der Waals surface area (Å²) in [4.78, 5) is 22.4. The number of nitrogens with two attached hydrogens (primary N) is 1. The second kappa shape index (κ2) is 43.3.